The van der Waals surface area contributed by atoms with E-state index in [1.165, 1.54) is 0 Å². The van der Waals surface area contributed by atoms with Crippen LogP contribution in [0.15, 0.2) is 4.52 Å². The Bertz CT molecular complexity index is 508. The Morgan fingerprint density at radius 2 is 2.17 bits per heavy atom. The number of amides is 1. The zero-order chi connectivity index (χ0) is 17.0. The van der Waals surface area contributed by atoms with Crippen LogP contribution in [0.5, 0.6) is 0 Å². The number of ether oxygens (including phenoxy) is 1. The molecule has 23 heavy (non-hydrogen) atoms. The topological polar surface area (TPSA) is 58.8 Å². The molecule has 2 heterocycles. The highest BCUT2D eigenvalue weighted by Gasteiger charge is 2.31. The Morgan fingerprint density at radius 3 is 2.74 bits per heavy atom. The molecule has 0 spiro atoms. The predicted molar refractivity (Wildman–Crippen MR) is 88.4 cm³/mol. The van der Waals surface area contributed by atoms with Gasteiger partial charge in [-0.15, -0.1) is 0 Å². The van der Waals surface area contributed by atoms with E-state index >= 15 is 0 Å². The summed E-state index contributed by atoms with van der Waals surface area (Å²) in [7, 11) is 5.72. The van der Waals surface area contributed by atoms with E-state index in [2.05, 4.69) is 17.1 Å². The molecule has 0 unspecified atom stereocenters. The van der Waals surface area contributed by atoms with Crippen LogP contribution in [0.3, 0.4) is 0 Å². The smallest absolute Gasteiger partial charge is 0.226 e. The highest BCUT2D eigenvalue weighted by molar-refractivity contribution is 5.79. The fraction of sp³-hybridized carbons (Fsp3) is 0.765. The zero-order valence-corrected chi connectivity index (χ0v) is 15.0. The van der Waals surface area contributed by atoms with Crippen molar-refractivity contribution in [1.29, 1.82) is 0 Å². The molecule has 1 aromatic rings. The summed E-state index contributed by atoms with van der Waals surface area (Å²) in [4.78, 5) is 16.7. The van der Waals surface area contributed by atoms with Gasteiger partial charge < -0.3 is 14.2 Å². The number of hydrogen-bond acceptors (Lipinski definition) is 5. The van der Waals surface area contributed by atoms with Crippen molar-refractivity contribution < 1.29 is 14.1 Å². The predicted octanol–water partition coefficient (Wildman–Crippen LogP) is 1.52. The minimum absolute atomic E-state index is 0.117. The van der Waals surface area contributed by atoms with Gasteiger partial charge in [0, 0.05) is 45.3 Å². The third kappa shape index (κ3) is 4.12. The van der Waals surface area contributed by atoms with Crippen molar-refractivity contribution in [2.75, 3.05) is 34.3 Å². The molecule has 1 fully saturated rings. The number of rotatable bonds is 7. The van der Waals surface area contributed by atoms with Crippen molar-refractivity contribution >= 4 is 5.91 Å². The van der Waals surface area contributed by atoms with Crippen LogP contribution in [-0.4, -0.2) is 67.3 Å². The number of methoxy groups -OCH3 is 1. The first-order chi connectivity index (χ1) is 11.0. The average Bonchev–Trinajstić information content (AvgIpc) is 3.10. The molecule has 0 radical (unpaired) electrons. The van der Waals surface area contributed by atoms with Crippen molar-refractivity contribution in [3.63, 3.8) is 0 Å². The normalized spacial score (nSPS) is 21.8. The molecule has 0 saturated carbocycles. The molecule has 1 aliphatic heterocycles. The van der Waals surface area contributed by atoms with Crippen LogP contribution in [0.1, 0.15) is 37.3 Å². The Labute approximate surface area is 138 Å². The Kier molecular flexibility index (Phi) is 6.18. The first-order valence-electron chi connectivity index (χ1n) is 8.43. The Morgan fingerprint density at radius 1 is 1.43 bits per heavy atom. The van der Waals surface area contributed by atoms with Crippen LogP contribution in [0.2, 0.25) is 0 Å². The minimum Gasteiger partial charge on any atom is -0.380 e. The van der Waals surface area contributed by atoms with Crippen LogP contribution in [0.25, 0.3) is 0 Å². The monoisotopic (exact) mass is 323 g/mol. The number of nitrogens with zero attached hydrogens (tertiary/aromatic N) is 3. The van der Waals surface area contributed by atoms with Crippen molar-refractivity contribution in [3.05, 3.63) is 17.0 Å². The van der Waals surface area contributed by atoms with Gasteiger partial charge in [-0.25, -0.2) is 0 Å². The van der Waals surface area contributed by atoms with Gasteiger partial charge in [-0.05, 0) is 19.9 Å². The third-order valence-electron chi connectivity index (χ3n) is 4.83. The summed E-state index contributed by atoms with van der Waals surface area (Å²) in [6.07, 6.45) is 3.16. The molecular formula is C17H29N3O3. The van der Waals surface area contributed by atoms with Gasteiger partial charge in [0.25, 0.3) is 0 Å². The second-order valence-electron chi connectivity index (χ2n) is 6.38. The lowest BCUT2D eigenvalue weighted by Gasteiger charge is -2.25. The SMILES string of the molecule is CCc1noc(CC)c1CC(=O)N(C)C[C@@H]1C[C@H](OC)CN1C. The molecule has 0 aromatic carbocycles. The molecule has 6 nitrogen and oxygen atoms in total. The van der Waals surface area contributed by atoms with E-state index in [1.807, 2.05) is 25.8 Å². The van der Waals surface area contributed by atoms with Gasteiger partial charge >= 0.3 is 0 Å². The van der Waals surface area contributed by atoms with Gasteiger partial charge in [-0.1, -0.05) is 19.0 Å². The quantitative estimate of drug-likeness (QED) is 0.761. The standard InChI is InChI=1S/C17H29N3O3/c1-6-15-14(16(7-2)23-18-15)9-17(21)20(4)10-12-8-13(22-5)11-19(12)3/h12-13H,6-11H2,1-5H3/t12-,13-/m0/s1. The maximum atomic E-state index is 12.6. The van der Waals surface area contributed by atoms with Crippen molar-refractivity contribution in [3.8, 4) is 0 Å². The first kappa shape index (κ1) is 17.9. The summed E-state index contributed by atoms with van der Waals surface area (Å²) in [5.74, 6) is 0.952. The fourth-order valence-electron chi connectivity index (χ4n) is 3.25. The molecule has 130 valence electrons. The van der Waals surface area contributed by atoms with E-state index in [0.29, 0.717) is 12.5 Å². The molecule has 2 atom stereocenters. The molecule has 0 bridgehead atoms. The van der Waals surface area contributed by atoms with Crippen LogP contribution < -0.4 is 0 Å². The van der Waals surface area contributed by atoms with Gasteiger partial charge in [0.15, 0.2) is 0 Å². The lowest BCUT2D eigenvalue weighted by atomic mass is 10.1. The van der Waals surface area contributed by atoms with Crippen LogP contribution in [-0.2, 0) is 28.8 Å². The Balaban J connectivity index is 1.97. The summed E-state index contributed by atoms with van der Waals surface area (Å²) >= 11 is 0. The van der Waals surface area contributed by atoms with Crippen molar-refractivity contribution in [2.45, 2.75) is 51.7 Å². The van der Waals surface area contributed by atoms with Crippen molar-refractivity contribution in [2.24, 2.45) is 0 Å². The molecule has 1 aliphatic rings. The van der Waals surface area contributed by atoms with Gasteiger partial charge in [-0.3, -0.25) is 9.69 Å². The van der Waals surface area contributed by atoms with Gasteiger partial charge in [0.05, 0.1) is 18.2 Å². The molecule has 1 saturated heterocycles. The zero-order valence-electron chi connectivity index (χ0n) is 15.0. The van der Waals surface area contributed by atoms with Gasteiger partial charge in [0.2, 0.25) is 5.91 Å². The molecule has 1 amide bonds. The third-order valence-corrected chi connectivity index (χ3v) is 4.83. The number of aromatic nitrogens is 1. The highest BCUT2D eigenvalue weighted by Crippen LogP contribution is 2.20. The molecule has 0 aliphatic carbocycles. The maximum Gasteiger partial charge on any atom is 0.226 e. The van der Waals surface area contributed by atoms with Crippen molar-refractivity contribution in [1.82, 2.24) is 15.0 Å². The number of carbonyl (C=O) groups is 1. The summed E-state index contributed by atoms with van der Waals surface area (Å²) in [5.41, 5.74) is 1.88. The number of carbonyl (C=O) groups excluding carboxylic acids is 1. The molecule has 6 heteroatoms. The molecular weight excluding hydrogens is 294 g/mol. The first-order valence-corrected chi connectivity index (χ1v) is 8.43. The number of likely N-dealkylation sites (tertiary alicyclic amines) is 1. The second-order valence-corrected chi connectivity index (χ2v) is 6.38. The summed E-state index contributed by atoms with van der Waals surface area (Å²) in [6.45, 7) is 5.71. The van der Waals surface area contributed by atoms with E-state index in [0.717, 1.165) is 49.4 Å². The summed E-state index contributed by atoms with van der Waals surface area (Å²) < 4.78 is 10.8. The van der Waals surface area contributed by atoms with E-state index in [9.17, 15) is 4.79 Å². The van der Waals surface area contributed by atoms with E-state index < -0.39 is 0 Å². The number of likely N-dealkylation sites (N-methyl/N-ethyl adjacent to an activating group) is 2. The van der Waals surface area contributed by atoms with Crippen LogP contribution in [0, 0.1) is 0 Å². The molecule has 2 rings (SSSR count). The fourth-order valence-corrected chi connectivity index (χ4v) is 3.25. The number of hydrogen-bond donors (Lipinski definition) is 0. The minimum atomic E-state index is 0.117. The maximum absolute atomic E-state index is 12.6. The number of aryl methyl sites for hydroxylation is 2. The van der Waals surface area contributed by atoms with E-state index in [-0.39, 0.29) is 12.0 Å². The Hall–Kier alpha value is -1.40. The lowest BCUT2D eigenvalue weighted by Crippen LogP contribution is -2.40. The van der Waals surface area contributed by atoms with E-state index in [4.69, 9.17) is 9.26 Å². The highest BCUT2D eigenvalue weighted by atomic mass is 16.5. The second kappa shape index (κ2) is 7.93. The van der Waals surface area contributed by atoms with Crippen LogP contribution in [0.4, 0.5) is 0 Å². The average molecular weight is 323 g/mol. The molecule has 1 aromatic heterocycles. The van der Waals surface area contributed by atoms with E-state index in [1.54, 1.807) is 7.11 Å². The lowest BCUT2D eigenvalue weighted by molar-refractivity contribution is -0.129. The van der Waals surface area contributed by atoms with Crippen LogP contribution >= 0.6 is 0 Å². The summed E-state index contributed by atoms with van der Waals surface area (Å²) in [5, 5.41) is 4.08. The largest absolute Gasteiger partial charge is 0.380 e. The molecule has 0 N–H and O–H groups in total. The van der Waals surface area contributed by atoms with Gasteiger partial charge in [0.1, 0.15) is 5.76 Å². The van der Waals surface area contributed by atoms with Gasteiger partial charge in [-0.2, -0.15) is 0 Å². The summed E-state index contributed by atoms with van der Waals surface area (Å²) in [6, 6.07) is 0.354.